The summed E-state index contributed by atoms with van der Waals surface area (Å²) in [6.45, 7) is 0.150. The second kappa shape index (κ2) is 6.57. The zero-order chi connectivity index (χ0) is 15.6. The Labute approximate surface area is 142 Å². The van der Waals surface area contributed by atoms with Gasteiger partial charge in [-0.3, -0.25) is 0 Å². The molecule has 0 fully saturated rings. The molecule has 5 nitrogen and oxygen atoms in total. The zero-order valence-corrected chi connectivity index (χ0v) is 15.1. The van der Waals surface area contributed by atoms with Gasteiger partial charge in [-0.15, -0.1) is 11.3 Å². The van der Waals surface area contributed by atoms with Crippen LogP contribution in [0.1, 0.15) is 15.2 Å². The van der Waals surface area contributed by atoms with E-state index in [0.29, 0.717) is 4.47 Å². The van der Waals surface area contributed by atoms with Crippen molar-refractivity contribution in [2.45, 2.75) is 11.4 Å². The maximum absolute atomic E-state index is 12.2. The number of sulfonamides is 1. The summed E-state index contributed by atoms with van der Waals surface area (Å²) < 4.78 is 28.0. The third-order valence-corrected chi connectivity index (χ3v) is 6.32. The van der Waals surface area contributed by atoms with Crippen LogP contribution in [0.4, 0.5) is 0 Å². The highest BCUT2D eigenvalue weighted by atomic mass is 79.9. The van der Waals surface area contributed by atoms with Crippen LogP contribution in [-0.2, 0) is 16.6 Å². The monoisotopic (exact) mass is 453 g/mol. The number of carbonyl (C=O) groups is 1. The first-order chi connectivity index (χ1) is 9.79. The van der Waals surface area contributed by atoms with Crippen molar-refractivity contribution in [2.75, 3.05) is 0 Å². The summed E-state index contributed by atoms with van der Waals surface area (Å²) in [5.41, 5.74) is -0.100. The van der Waals surface area contributed by atoms with Crippen LogP contribution in [-0.4, -0.2) is 19.5 Å². The van der Waals surface area contributed by atoms with E-state index in [-0.39, 0.29) is 17.0 Å². The molecular weight excluding hydrogens is 446 g/mol. The van der Waals surface area contributed by atoms with Gasteiger partial charge in [0.05, 0.1) is 10.5 Å². The van der Waals surface area contributed by atoms with Gasteiger partial charge in [0.25, 0.3) is 0 Å². The molecule has 0 unspecified atom stereocenters. The minimum Gasteiger partial charge on any atom is -0.478 e. The van der Waals surface area contributed by atoms with Crippen molar-refractivity contribution in [3.8, 4) is 0 Å². The quantitative estimate of drug-likeness (QED) is 0.724. The highest BCUT2D eigenvalue weighted by Crippen LogP contribution is 2.22. The molecule has 1 aromatic carbocycles. The number of hydrogen-bond donors (Lipinski definition) is 2. The lowest BCUT2D eigenvalue weighted by Crippen LogP contribution is -2.23. The molecule has 0 aliphatic heterocycles. The molecule has 0 aliphatic carbocycles. The lowest BCUT2D eigenvalue weighted by atomic mass is 10.2. The van der Waals surface area contributed by atoms with Crippen molar-refractivity contribution in [1.29, 1.82) is 0 Å². The number of halogens is 2. The van der Waals surface area contributed by atoms with Crippen molar-refractivity contribution in [1.82, 2.24) is 4.72 Å². The molecular formula is C12H9Br2NO4S2. The van der Waals surface area contributed by atoms with Crippen LogP contribution in [0.15, 0.2) is 43.5 Å². The van der Waals surface area contributed by atoms with Crippen molar-refractivity contribution in [2.24, 2.45) is 0 Å². The molecule has 0 atom stereocenters. The molecule has 0 bridgehead atoms. The first-order valence-corrected chi connectivity index (χ1v) is 9.50. The Balaban J connectivity index is 2.23. The molecule has 0 radical (unpaired) electrons. The van der Waals surface area contributed by atoms with Gasteiger partial charge < -0.3 is 5.11 Å². The number of thiophene rings is 1. The Bertz CT molecular complexity index is 786. The summed E-state index contributed by atoms with van der Waals surface area (Å²) in [6, 6.07) is 5.69. The van der Waals surface area contributed by atoms with Crippen LogP contribution in [0.5, 0.6) is 0 Å². The Hall–Kier alpha value is -0.740. The van der Waals surface area contributed by atoms with Crippen molar-refractivity contribution >= 4 is 59.2 Å². The summed E-state index contributed by atoms with van der Waals surface area (Å²) in [5.74, 6) is -1.19. The van der Waals surface area contributed by atoms with E-state index in [4.69, 9.17) is 5.11 Å². The van der Waals surface area contributed by atoms with Crippen molar-refractivity contribution in [3.05, 3.63) is 49.0 Å². The molecule has 2 aromatic rings. The third-order valence-electron chi connectivity index (χ3n) is 2.54. The van der Waals surface area contributed by atoms with E-state index < -0.39 is 16.0 Å². The summed E-state index contributed by atoms with van der Waals surface area (Å²) in [5, 5.41) is 10.9. The molecule has 2 rings (SSSR count). The summed E-state index contributed by atoms with van der Waals surface area (Å²) in [6.07, 6.45) is 0. The van der Waals surface area contributed by atoms with E-state index >= 15 is 0 Å². The highest BCUT2D eigenvalue weighted by Gasteiger charge is 2.18. The van der Waals surface area contributed by atoms with E-state index in [9.17, 15) is 13.2 Å². The Morgan fingerprint density at radius 3 is 2.57 bits per heavy atom. The first-order valence-electron chi connectivity index (χ1n) is 5.55. The molecule has 21 heavy (non-hydrogen) atoms. The van der Waals surface area contributed by atoms with Gasteiger partial charge in [0, 0.05) is 25.7 Å². The molecule has 0 amide bonds. The lowest BCUT2D eigenvalue weighted by Gasteiger charge is -2.07. The summed E-state index contributed by atoms with van der Waals surface area (Å²) in [4.78, 5) is 11.8. The normalized spacial score (nSPS) is 11.5. The SMILES string of the molecule is O=C(O)c1cc(S(=O)(=O)NCc2cc(Br)cs2)ccc1Br. The van der Waals surface area contributed by atoms with Gasteiger partial charge in [-0.2, -0.15) is 0 Å². The summed E-state index contributed by atoms with van der Waals surface area (Å²) >= 11 is 7.79. The predicted octanol–water partition coefficient (Wildman–Crippen LogP) is 3.45. The lowest BCUT2D eigenvalue weighted by molar-refractivity contribution is 0.0695. The third kappa shape index (κ3) is 4.13. The van der Waals surface area contributed by atoms with E-state index in [0.717, 1.165) is 15.4 Å². The molecule has 112 valence electrons. The topological polar surface area (TPSA) is 83.5 Å². The molecule has 0 saturated heterocycles. The smallest absolute Gasteiger partial charge is 0.336 e. The van der Waals surface area contributed by atoms with E-state index in [1.807, 2.05) is 11.4 Å². The fourth-order valence-electron chi connectivity index (χ4n) is 1.53. The van der Waals surface area contributed by atoms with Gasteiger partial charge in [-0.25, -0.2) is 17.9 Å². The zero-order valence-electron chi connectivity index (χ0n) is 10.3. The average molecular weight is 455 g/mol. The number of hydrogen-bond acceptors (Lipinski definition) is 4. The van der Waals surface area contributed by atoms with Gasteiger partial charge in [0.15, 0.2) is 0 Å². The molecule has 9 heteroatoms. The van der Waals surface area contributed by atoms with Gasteiger partial charge in [-0.05, 0) is 56.1 Å². The Morgan fingerprint density at radius 2 is 2.00 bits per heavy atom. The minimum absolute atomic E-state index is 0.0845. The van der Waals surface area contributed by atoms with Crippen LogP contribution in [0.25, 0.3) is 0 Å². The number of aromatic carboxylic acids is 1. The second-order valence-electron chi connectivity index (χ2n) is 4.00. The predicted molar refractivity (Wildman–Crippen MR) is 87.1 cm³/mol. The number of nitrogens with one attached hydrogen (secondary N) is 1. The van der Waals surface area contributed by atoms with Gasteiger partial charge in [0.2, 0.25) is 10.0 Å². The first kappa shape index (κ1) is 16.6. The van der Waals surface area contributed by atoms with Crippen LogP contribution in [0.2, 0.25) is 0 Å². The fourth-order valence-corrected chi connectivity index (χ4v) is 4.46. The highest BCUT2D eigenvalue weighted by molar-refractivity contribution is 9.10. The average Bonchev–Trinajstić information content (AvgIpc) is 2.82. The van der Waals surface area contributed by atoms with Gasteiger partial charge >= 0.3 is 5.97 Å². The second-order valence-corrected chi connectivity index (χ2v) is 8.54. The maximum atomic E-state index is 12.2. The Kier molecular flexibility index (Phi) is 5.20. The number of carboxylic acids is 1. The van der Waals surface area contributed by atoms with Gasteiger partial charge in [-0.1, -0.05) is 0 Å². The number of carboxylic acid groups (broad SMARTS) is 1. The van der Waals surface area contributed by atoms with Crippen LogP contribution in [0.3, 0.4) is 0 Å². The molecule has 1 heterocycles. The van der Waals surface area contributed by atoms with Gasteiger partial charge in [0.1, 0.15) is 0 Å². The van der Waals surface area contributed by atoms with Crippen molar-refractivity contribution in [3.63, 3.8) is 0 Å². The standard InChI is InChI=1S/C12H9Br2NO4S2/c13-7-3-8(20-6-7)5-15-21(18,19)9-1-2-11(14)10(4-9)12(16)17/h1-4,6,15H,5H2,(H,16,17). The number of benzene rings is 1. The van der Waals surface area contributed by atoms with E-state index in [1.54, 1.807) is 0 Å². The maximum Gasteiger partial charge on any atom is 0.336 e. The molecule has 0 saturated carbocycles. The van der Waals surface area contributed by atoms with Crippen LogP contribution >= 0.6 is 43.2 Å². The van der Waals surface area contributed by atoms with Crippen molar-refractivity contribution < 1.29 is 18.3 Å². The fraction of sp³-hybridized carbons (Fsp3) is 0.0833. The summed E-state index contributed by atoms with van der Waals surface area (Å²) in [7, 11) is -3.76. The van der Waals surface area contributed by atoms with E-state index in [1.165, 1.54) is 23.5 Å². The Morgan fingerprint density at radius 1 is 1.29 bits per heavy atom. The molecule has 2 N–H and O–H groups in total. The van der Waals surface area contributed by atoms with Crippen LogP contribution in [0, 0.1) is 0 Å². The largest absolute Gasteiger partial charge is 0.478 e. The number of rotatable bonds is 5. The molecule has 0 aliphatic rings. The molecule has 0 spiro atoms. The van der Waals surface area contributed by atoms with E-state index in [2.05, 4.69) is 36.6 Å². The minimum atomic E-state index is -3.76. The van der Waals surface area contributed by atoms with Crippen LogP contribution < -0.4 is 4.72 Å². The molecule has 1 aromatic heterocycles.